The molecule has 0 aliphatic heterocycles. The number of anilines is 1. The van der Waals surface area contributed by atoms with Gasteiger partial charge in [-0.2, -0.15) is 0 Å². The van der Waals surface area contributed by atoms with E-state index in [9.17, 15) is 4.79 Å². The highest BCUT2D eigenvalue weighted by atomic mass is 16.7. The molecule has 0 spiro atoms. The number of rotatable bonds is 13. The lowest BCUT2D eigenvalue weighted by Crippen LogP contribution is -2.13. The maximum Gasteiger partial charge on any atom is 0.307 e. The van der Waals surface area contributed by atoms with Crippen molar-refractivity contribution < 1.29 is 19.0 Å². The number of aryl methyl sites for hydroxylation is 2. The zero-order chi connectivity index (χ0) is 27.7. The first-order valence-electron chi connectivity index (χ1n) is 14.3. The number of unbranched alkanes of at least 4 members (excludes halogenated alkanes) is 1. The monoisotopic (exact) mass is 545 g/mol. The molecule has 4 aromatic rings. The molecule has 5 rings (SSSR count). The van der Waals surface area contributed by atoms with Crippen molar-refractivity contribution >= 4 is 17.3 Å². The van der Waals surface area contributed by atoms with Gasteiger partial charge in [-0.25, -0.2) is 4.98 Å². The number of hydrogen-bond donors (Lipinski definition) is 2. The van der Waals surface area contributed by atoms with Crippen LogP contribution in [0, 0.1) is 19.8 Å². The van der Waals surface area contributed by atoms with Crippen LogP contribution in [-0.4, -0.2) is 39.3 Å². The van der Waals surface area contributed by atoms with Crippen molar-refractivity contribution in [2.45, 2.75) is 71.6 Å². The molecule has 2 heterocycles. The number of aromatic amines is 1. The Balaban J connectivity index is 1.03. The first-order valence-corrected chi connectivity index (χ1v) is 14.3. The predicted molar refractivity (Wildman–Crippen MR) is 154 cm³/mol. The number of fused-ring (bicyclic) bond motifs is 1. The van der Waals surface area contributed by atoms with Gasteiger partial charge in [0.25, 0.3) is 0 Å². The van der Waals surface area contributed by atoms with Crippen molar-refractivity contribution in [1.82, 2.24) is 19.8 Å². The predicted octanol–water partition coefficient (Wildman–Crippen LogP) is 7.16. The Kier molecular flexibility index (Phi) is 9.34. The molecule has 1 aliphatic carbocycles. The maximum absolute atomic E-state index is 11.9. The summed E-state index contributed by atoms with van der Waals surface area (Å²) in [6.07, 6.45) is 10.5. The van der Waals surface area contributed by atoms with Crippen molar-refractivity contribution in [1.29, 1.82) is 0 Å². The number of benzene rings is 2. The average Bonchev–Trinajstić information content (AvgIpc) is 3.51. The van der Waals surface area contributed by atoms with Gasteiger partial charge in [-0.15, -0.1) is 9.73 Å². The van der Waals surface area contributed by atoms with E-state index in [-0.39, 0.29) is 19.5 Å². The SMILES string of the molecule is Cc1ccc(Oc2c(C)[nH]n3nc(-c4ccc(NCOCOC(=O)CCCCC5CCCCC5)cc4)nc23)cc1. The standard InChI is InChI=1S/C31H39N5O4/c1-22-12-18-27(19-13-22)40-29-23(2)34-36-31(29)33-30(35-36)25-14-16-26(17-15-25)32-20-38-21-39-28(37)11-7-6-10-24-8-4-3-5-9-24/h12-19,24,32,34H,3-11,20-21H2,1-2H3. The first-order chi connectivity index (χ1) is 19.5. The average molecular weight is 546 g/mol. The zero-order valence-electron chi connectivity index (χ0n) is 23.4. The summed E-state index contributed by atoms with van der Waals surface area (Å²) in [6, 6.07) is 15.6. The highest BCUT2D eigenvalue weighted by molar-refractivity contribution is 5.69. The smallest absolute Gasteiger partial charge is 0.307 e. The molecule has 0 unspecified atom stereocenters. The fourth-order valence-electron chi connectivity index (χ4n) is 5.15. The number of hydrogen-bond acceptors (Lipinski definition) is 7. The summed E-state index contributed by atoms with van der Waals surface area (Å²) in [5.74, 6) is 2.66. The van der Waals surface area contributed by atoms with E-state index in [0.29, 0.717) is 23.6 Å². The topological polar surface area (TPSA) is 103 Å². The molecule has 0 atom stereocenters. The van der Waals surface area contributed by atoms with Crippen LogP contribution in [0.15, 0.2) is 48.5 Å². The van der Waals surface area contributed by atoms with E-state index >= 15 is 0 Å². The summed E-state index contributed by atoms with van der Waals surface area (Å²) in [5.41, 5.74) is 4.40. The van der Waals surface area contributed by atoms with Crippen molar-refractivity contribution in [2.75, 3.05) is 18.8 Å². The van der Waals surface area contributed by atoms with Gasteiger partial charge in [-0.05, 0) is 62.6 Å². The molecule has 212 valence electrons. The molecule has 2 aromatic carbocycles. The van der Waals surface area contributed by atoms with Crippen molar-refractivity contribution in [3.8, 4) is 22.9 Å². The van der Waals surface area contributed by atoms with Gasteiger partial charge in [0.2, 0.25) is 5.65 Å². The molecule has 0 amide bonds. The number of aromatic nitrogens is 4. The quantitative estimate of drug-likeness (QED) is 0.104. The molecule has 0 radical (unpaired) electrons. The summed E-state index contributed by atoms with van der Waals surface area (Å²) in [7, 11) is 0. The van der Waals surface area contributed by atoms with Gasteiger partial charge in [-0.3, -0.25) is 9.89 Å². The van der Waals surface area contributed by atoms with Gasteiger partial charge in [0.15, 0.2) is 18.4 Å². The van der Waals surface area contributed by atoms with Gasteiger partial charge >= 0.3 is 5.97 Å². The second-order valence-corrected chi connectivity index (χ2v) is 10.6. The number of H-pyrrole nitrogens is 1. The highest BCUT2D eigenvalue weighted by Crippen LogP contribution is 2.31. The van der Waals surface area contributed by atoms with Crippen LogP contribution in [-0.2, 0) is 14.3 Å². The molecule has 0 bridgehead atoms. The first kappa shape index (κ1) is 27.7. The van der Waals surface area contributed by atoms with Crippen molar-refractivity contribution in [2.24, 2.45) is 5.92 Å². The molecular formula is C31H39N5O4. The normalized spacial score (nSPS) is 13.9. The van der Waals surface area contributed by atoms with Crippen molar-refractivity contribution in [3.05, 3.63) is 59.8 Å². The summed E-state index contributed by atoms with van der Waals surface area (Å²) < 4.78 is 18.4. The van der Waals surface area contributed by atoms with Crippen LogP contribution in [0.1, 0.15) is 69.0 Å². The van der Waals surface area contributed by atoms with Crippen molar-refractivity contribution in [3.63, 3.8) is 0 Å². The molecule has 40 heavy (non-hydrogen) atoms. The Hall–Kier alpha value is -3.85. The van der Waals surface area contributed by atoms with Gasteiger partial charge in [0.1, 0.15) is 12.5 Å². The maximum atomic E-state index is 11.9. The van der Waals surface area contributed by atoms with E-state index in [4.69, 9.17) is 19.2 Å². The van der Waals surface area contributed by atoms with Crippen LogP contribution in [0.2, 0.25) is 0 Å². The second-order valence-electron chi connectivity index (χ2n) is 10.6. The highest BCUT2D eigenvalue weighted by Gasteiger charge is 2.17. The second kappa shape index (κ2) is 13.5. The fraction of sp³-hybridized carbons (Fsp3) is 0.452. The van der Waals surface area contributed by atoms with E-state index in [2.05, 4.69) is 15.5 Å². The molecule has 0 saturated heterocycles. The fourth-order valence-corrected chi connectivity index (χ4v) is 5.15. The lowest BCUT2D eigenvalue weighted by molar-refractivity contribution is -0.155. The van der Waals surface area contributed by atoms with Gasteiger partial charge in [0.05, 0.1) is 5.69 Å². The number of nitrogens with one attached hydrogen (secondary N) is 2. The van der Waals surface area contributed by atoms with Gasteiger partial charge in [-0.1, -0.05) is 62.6 Å². The number of carbonyl (C=O) groups excluding carboxylic acids is 1. The number of carbonyl (C=O) groups is 1. The summed E-state index contributed by atoms with van der Waals surface area (Å²) in [5, 5.41) is 10.9. The van der Waals surface area contributed by atoms with Crippen LogP contribution < -0.4 is 10.1 Å². The van der Waals surface area contributed by atoms with E-state index in [1.54, 1.807) is 4.63 Å². The molecule has 9 nitrogen and oxygen atoms in total. The lowest BCUT2D eigenvalue weighted by atomic mass is 9.86. The minimum absolute atomic E-state index is 0.0520. The molecule has 9 heteroatoms. The minimum atomic E-state index is -0.195. The zero-order valence-corrected chi connectivity index (χ0v) is 23.4. The Morgan fingerprint density at radius 1 is 1.02 bits per heavy atom. The third kappa shape index (κ3) is 7.41. The Labute approximate surface area is 235 Å². The molecule has 1 saturated carbocycles. The van der Waals surface area contributed by atoms with Crippen LogP contribution in [0.25, 0.3) is 17.0 Å². The summed E-state index contributed by atoms with van der Waals surface area (Å²) in [4.78, 5) is 16.6. The van der Waals surface area contributed by atoms with Gasteiger partial charge < -0.3 is 19.5 Å². The van der Waals surface area contributed by atoms with Crippen LogP contribution in [0.5, 0.6) is 11.5 Å². The largest absolute Gasteiger partial charge is 0.451 e. The third-order valence-corrected chi connectivity index (χ3v) is 7.46. The van der Waals surface area contributed by atoms with E-state index in [1.165, 1.54) is 44.1 Å². The van der Waals surface area contributed by atoms with Crippen LogP contribution in [0.4, 0.5) is 5.69 Å². The number of ether oxygens (including phenoxy) is 3. The number of esters is 1. The van der Waals surface area contributed by atoms with E-state index < -0.39 is 0 Å². The molecular weight excluding hydrogens is 506 g/mol. The van der Waals surface area contributed by atoms with E-state index in [0.717, 1.165) is 41.5 Å². The third-order valence-electron chi connectivity index (χ3n) is 7.46. The van der Waals surface area contributed by atoms with Gasteiger partial charge in [0, 0.05) is 17.7 Å². The Morgan fingerprint density at radius 2 is 1.80 bits per heavy atom. The summed E-state index contributed by atoms with van der Waals surface area (Å²) in [6.45, 7) is 4.16. The lowest BCUT2D eigenvalue weighted by Gasteiger charge is -2.21. The Morgan fingerprint density at radius 3 is 2.58 bits per heavy atom. The van der Waals surface area contributed by atoms with Crippen LogP contribution >= 0.6 is 0 Å². The van der Waals surface area contributed by atoms with Crippen LogP contribution in [0.3, 0.4) is 0 Å². The molecule has 1 aliphatic rings. The molecule has 1 fully saturated rings. The Bertz CT molecular complexity index is 1370. The number of nitrogens with zero attached hydrogens (tertiary/aromatic N) is 3. The minimum Gasteiger partial charge on any atom is -0.451 e. The summed E-state index contributed by atoms with van der Waals surface area (Å²) >= 11 is 0. The molecule has 2 aromatic heterocycles. The molecule has 2 N–H and O–H groups in total. The van der Waals surface area contributed by atoms with E-state index in [1.807, 2.05) is 62.4 Å².